The number of nitrogens with zero attached hydrogens (tertiary/aromatic N) is 1. The highest BCUT2D eigenvalue weighted by molar-refractivity contribution is 5.88. The predicted octanol–water partition coefficient (Wildman–Crippen LogP) is 1.87. The van der Waals surface area contributed by atoms with Crippen LogP contribution in [0.5, 0.6) is 5.75 Å². The van der Waals surface area contributed by atoms with Crippen molar-refractivity contribution in [3.05, 3.63) is 29.8 Å². The highest BCUT2D eigenvalue weighted by Gasteiger charge is 2.30. The van der Waals surface area contributed by atoms with Crippen molar-refractivity contribution in [2.24, 2.45) is 0 Å². The average molecular weight is 405 g/mol. The van der Waals surface area contributed by atoms with E-state index in [-0.39, 0.29) is 18.4 Å². The molecule has 1 aliphatic rings. The fraction of sp³-hybridized carbons (Fsp3) is 0.571. The smallest absolute Gasteiger partial charge is 0.414 e. The summed E-state index contributed by atoms with van der Waals surface area (Å²) < 4.78 is 10.7. The topological polar surface area (TPSA) is 97.0 Å². The first-order valence-electron chi connectivity index (χ1n) is 9.80. The molecule has 1 fully saturated rings. The number of carbonyl (C=O) groups excluding carboxylic acids is 3. The number of nitrogens with one attached hydrogen (secondary N) is 2. The van der Waals surface area contributed by atoms with Crippen LogP contribution in [0.15, 0.2) is 24.3 Å². The Hall–Kier alpha value is -2.61. The van der Waals surface area contributed by atoms with Crippen molar-refractivity contribution in [3.8, 4) is 5.75 Å². The van der Waals surface area contributed by atoms with Gasteiger partial charge in [-0.2, -0.15) is 0 Å². The molecule has 0 aliphatic carbocycles. The molecule has 1 heterocycles. The van der Waals surface area contributed by atoms with Gasteiger partial charge in [0.05, 0.1) is 6.04 Å². The Kier molecular flexibility index (Phi) is 7.61. The molecule has 1 aliphatic heterocycles. The first-order valence-corrected chi connectivity index (χ1v) is 9.80. The fourth-order valence-corrected chi connectivity index (χ4v) is 2.87. The highest BCUT2D eigenvalue weighted by Crippen LogP contribution is 2.16. The number of esters is 1. The van der Waals surface area contributed by atoms with Gasteiger partial charge in [0.15, 0.2) is 0 Å². The molecule has 0 spiro atoms. The van der Waals surface area contributed by atoms with E-state index >= 15 is 0 Å². The molecule has 8 heteroatoms. The lowest BCUT2D eigenvalue weighted by Crippen LogP contribution is -2.50. The summed E-state index contributed by atoms with van der Waals surface area (Å²) >= 11 is 0. The minimum absolute atomic E-state index is 0.199. The summed E-state index contributed by atoms with van der Waals surface area (Å²) in [5.41, 5.74) is 0.154. The van der Waals surface area contributed by atoms with E-state index in [1.165, 1.54) is 4.90 Å². The Balaban J connectivity index is 2.08. The molecular formula is C21H31N3O5. The summed E-state index contributed by atoms with van der Waals surface area (Å²) in [6.45, 7) is 6.16. The Bertz CT molecular complexity index is 719. The van der Waals surface area contributed by atoms with Crippen LogP contribution < -0.4 is 15.4 Å². The monoisotopic (exact) mass is 405 g/mol. The third-order valence-corrected chi connectivity index (χ3v) is 4.32. The Morgan fingerprint density at radius 1 is 1.21 bits per heavy atom. The normalized spacial score (nSPS) is 17.3. The number of benzene rings is 1. The van der Waals surface area contributed by atoms with Gasteiger partial charge in [0.1, 0.15) is 17.4 Å². The van der Waals surface area contributed by atoms with Crippen molar-refractivity contribution >= 4 is 18.0 Å². The van der Waals surface area contributed by atoms with Crippen LogP contribution in [0.4, 0.5) is 4.79 Å². The summed E-state index contributed by atoms with van der Waals surface area (Å²) in [5, 5.41) is 5.95. The minimum Gasteiger partial charge on any atom is -0.458 e. The number of ether oxygens (including phenoxy) is 2. The zero-order valence-corrected chi connectivity index (χ0v) is 17.8. The van der Waals surface area contributed by atoms with Crippen LogP contribution in [-0.4, -0.2) is 61.2 Å². The van der Waals surface area contributed by atoms with Crippen molar-refractivity contribution in [2.75, 3.05) is 20.6 Å². The molecule has 2 amide bonds. The molecule has 0 bridgehead atoms. The number of hydrogen-bond acceptors (Lipinski definition) is 6. The lowest BCUT2D eigenvalue weighted by atomic mass is 10.0. The molecule has 8 nitrogen and oxygen atoms in total. The maximum absolute atomic E-state index is 12.7. The number of amides is 2. The van der Waals surface area contributed by atoms with E-state index in [4.69, 9.17) is 9.47 Å². The number of rotatable bonds is 6. The third-order valence-electron chi connectivity index (χ3n) is 4.32. The van der Waals surface area contributed by atoms with E-state index in [1.54, 1.807) is 59.1 Å². The van der Waals surface area contributed by atoms with E-state index in [0.717, 1.165) is 24.9 Å². The largest absolute Gasteiger partial charge is 0.458 e. The molecule has 2 atom stereocenters. The van der Waals surface area contributed by atoms with Crippen molar-refractivity contribution in [2.45, 2.75) is 57.7 Å². The molecule has 1 aromatic carbocycles. The van der Waals surface area contributed by atoms with Gasteiger partial charge >= 0.3 is 12.1 Å². The highest BCUT2D eigenvalue weighted by atomic mass is 16.6. The van der Waals surface area contributed by atoms with Gasteiger partial charge in [0.2, 0.25) is 5.91 Å². The Morgan fingerprint density at radius 2 is 1.86 bits per heavy atom. The maximum atomic E-state index is 12.7. The SMILES string of the molecule is CN(C)C(=O)Oc1ccc(C[C@H](NC(=O)[C@@H]2CCCN2)C(=O)OC(C)(C)C)cc1. The van der Waals surface area contributed by atoms with Crippen molar-refractivity contribution in [3.63, 3.8) is 0 Å². The summed E-state index contributed by atoms with van der Waals surface area (Å²) in [5.74, 6) is -0.276. The van der Waals surface area contributed by atoms with Gasteiger partial charge in [-0.15, -0.1) is 0 Å². The molecule has 2 N–H and O–H groups in total. The zero-order valence-electron chi connectivity index (χ0n) is 17.8. The predicted molar refractivity (Wildman–Crippen MR) is 109 cm³/mol. The van der Waals surface area contributed by atoms with Gasteiger partial charge in [0.25, 0.3) is 0 Å². The molecule has 0 aromatic heterocycles. The van der Waals surface area contributed by atoms with Gasteiger partial charge in [-0.05, 0) is 57.9 Å². The molecule has 160 valence electrons. The van der Waals surface area contributed by atoms with Crippen LogP contribution in [0, 0.1) is 0 Å². The van der Waals surface area contributed by atoms with Crippen LogP contribution in [0.3, 0.4) is 0 Å². The lowest BCUT2D eigenvalue weighted by Gasteiger charge is -2.25. The summed E-state index contributed by atoms with van der Waals surface area (Å²) in [4.78, 5) is 38.1. The fourth-order valence-electron chi connectivity index (χ4n) is 2.87. The minimum atomic E-state index is -0.806. The van der Waals surface area contributed by atoms with E-state index in [2.05, 4.69) is 10.6 Å². The second kappa shape index (κ2) is 9.73. The lowest BCUT2D eigenvalue weighted by molar-refractivity contribution is -0.158. The molecule has 2 rings (SSSR count). The van der Waals surface area contributed by atoms with Crippen LogP contribution in [0.1, 0.15) is 39.2 Å². The van der Waals surface area contributed by atoms with Crippen LogP contribution in [0.2, 0.25) is 0 Å². The van der Waals surface area contributed by atoms with Gasteiger partial charge in [0, 0.05) is 20.5 Å². The van der Waals surface area contributed by atoms with E-state index in [0.29, 0.717) is 5.75 Å². The van der Waals surface area contributed by atoms with Gasteiger partial charge in [-0.3, -0.25) is 4.79 Å². The molecule has 0 saturated carbocycles. The van der Waals surface area contributed by atoms with Crippen molar-refractivity contribution in [1.82, 2.24) is 15.5 Å². The van der Waals surface area contributed by atoms with Gasteiger partial charge in [-0.1, -0.05) is 12.1 Å². The van der Waals surface area contributed by atoms with Crippen molar-refractivity contribution < 1.29 is 23.9 Å². The van der Waals surface area contributed by atoms with Crippen LogP contribution in [-0.2, 0) is 20.7 Å². The van der Waals surface area contributed by atoms with Gasteiger partial charge in [-0.25, -0.2) is 9.59 Å². The zero-order chi connectivity index (χ0) is 21.6. The standard InChI is InChI=1S/C21H31N3O5/c1-21(2,3)29-19(26)17(23-18(25)16-7-6-12-22-16)13-14-8-10-15(11-9-14)28-20(27)24(4)5/h8-11,16-17,22H,6-7,12-13H2,1-5H3,(H,23,25)/t16-,17-/m0/s1. The summed E-state index contributed by atoms with van der Waals surface area (Å²) in [6.07, 6.45) is 1.48. The number of carbonyl (C=O) groups is 3. The first-order chi connectivity index (χ1) is 13.5. The Labute approximate surface area is 171 Å². The second-order valence-electron chi connectivity index (χ2n) is 8.35. The van der Waals surface area contributed by atoms with Gasteiger partial charge < -0.3 is 25.0 Å². The second-order valence-corrected chi connectivity index (χ2v) is 8.35. The summed E-state index contributed by atoms with van der Waals surface area (Å²) in [6, 6.07) is 5.74. The average Bonchev–Trinajstić information content (AvgIpc) is 3.16. The molecule has 29 heavy (non-hydrogen) atoms. The van der Waals surface area contributed by atoms with E-state index < -0.39 is 23.7 Å². The van der Waals surface area contributed by atoms with Crippen LogP contribution in [0.25, 0.3) is 0 Å². The Morgan fingerprint density at radius 3 is 2.38 bits per heavy atom. The maximum Gasteiger partial charge on any atom is 0.414 e. The molecular weight excluding hydrogens is 374 g/mol. The molecule has 1 aromatic rings. The molecule has 0 radical (unpaired) electrons. The third kappa shape index (κ3) is 7.38. The number of hydrogen-bond donors (Lipinski definition) is 2. The van der Waals surface area contributed by atoms with Crippen molar-refractivity contribution in [1.29, 1.82) is 0 Å². The summed E-state index contributed by atoms with van der Waals surface area (Å²) in [7, 11) is 3.20. The first kappa shape index (κ1) is 22.7. The van der Waals surface area contributed by atoms with E-state index in [9.17, 15) is 14.4 Å². The quantitative estimate of drug-likeness (QED) is 0.702. The molecule has 0 unspecified atom stereocenters. The van der Waals surface area contributed by atoms with E-state index in [1.807, 2.05) is 0 Å². The molecule has 1 saturated heterocycles. The van der Waals surface area contributed by atoms with Crippen LogP contribution >= 0.6 is 0 Å².